The van der Waals surface area contributed by atoms with Gasteiger partial charge in [0.1, 0.15) is 0 Å². The zero-order valence-corrected chi connectivity index (χ0v) is 19.1. The first kappa shape index (κ1) is 25.4. The highest BCUT2D eigenvalue weighted by Crippen LogP contribution is 2.17. The monoisotopic (exact) mass is 392 g/mol. The summed E-state index contributed by atoms with van der Waals surface area (Å²) in [7, 11) is 0. The Morgan fingerprint density at radius 1 is 0.786 bits per heavy atom. The van der Waals surface area contributed by atoms with Crippen LogP contribution in [0.3, 0.4) is 0 Å². The lowest BCUT2D eigenvalue weighted by Crippen LogP contribution is -2.17. The van der Waals surface area contributed by atoms with Crippen LogP contribution in [0.4, 0.5) is 0 Å². The van der Waals surface area contributed by atoms with Gasteiger partial charge in [-0.1, -0.05) is 96.8 Å². The Balaban J connectivity index is 1.84. The lowest BCUT2D eigenvalue weighted by molar-refractivity contribution is -0.115. The van der Waals surface area contributed by atoms with E-state index in [-0.39, 0.29) is 6.10 Å². The summed E-state index contributed by atoms with van der Waals surface area (Å²) in [6.07, 6.45) is 26.9. The molecule has 2 nitrogen and oxygen atoms in total. The Morgan fingerprint density at radius 3 is 1.75 bits per heavy atom. The van der Waals surface area contributed by atoms with Gasteiger partial charge in [0.05, 0.1) is 6.10 Å². The van der Waals surface area contributed by atoms with E-state index in [2.05, 4.69) is 13.0 Å². The van der Waals surface area contributed by atoms with Gasteiger partial charge in [-0.3, -0.25) is 4.79 Å². The van der Waals surface area contributed by atoms with Crippen molar-refractivity contribution < 1.29 is 9.53 Å². The third-order valence-corrected chi connectivity index (χ3v) is 6.10. The van der Waals surface area contributed by atoms with Crippen LogP contribution in [0.1, 0.15) is 136 Å². The van der Waals surface area contributed by atoms with Crippen LogP contribution in [0.15, 0.2) is 11.6 Å². The van der Waals surface area contributed by atoms with Gasteiger partial charge >= 0.3 is 0 Å². The van der Waals surface area contributed by atoms with Crippen molar-refractivity contribution in [1.82, 2.24) is 0 Å². The largest absolute Gasteiger partial charge is 0.374 e. The molecule has 0 saturated carbocycles. The molecule has 1 fully saturated rings. The Labute approximate surface area is 175 Å². The summed E-state index contributed by atoms with van der Waals surface area (Å²) < 4.78 is 5.70. The number of Topliss-reactive ketones (excluding diaryl/α,β-unsaturated/α-hetero) is 1. The molecule has 0 N–H and O–H groups in total. The highest BCUT2D eigenvalue weighted by Gasteiger charge is 2.13. The maximum atomic E-state index is 12.2. The molecule has 1 unspecified atom stereocenters. The van der Waals surface area contributed by atoms with Crippen molar-refractivity contribution in [3.63, 3.8) is 0 Å². The molecule has 0 amide bonds. The van der Waals surface area contributed by atoms with Crippen molar-refractivity contribution in [2.24, 2.45) is 0 Å². The van der Waals surface area contributed by atoms with Crippen molar-refractivity contribution >= 4 is 5.78 Å². The maximum absolute atomic E-state index is 12.2. The van der Waals surface area contributed by atoms with Gasteiger partial charge in [0.15, 0.2) is 5.78 Å². The molecule has 0 spiro atoms. The molecule has 0 radical (unpaired) electrons. The van der Waals surface area contributed by atoms with Crippen LogP contribution in [-0.2, 0) is 9.53 Å². The molecular formula is C26H48O2. The van der Waals surface area contributed by atoms with Gasteiger partial charge in [-0.25, -0.2) is 0 Å². The second kappa shape index (κ2) is 18.4. The summed E-state index contributed by atoms with van der Waals surface area (Å²) in [6.45, 7) is 5.10. The highest BCUT2D eigenvalue weighted by atomic mass is 16.5. The van der Waals surface area contributed by atoms with Crippen LogP contribution in [0.5, 0.6) is 0 Å². The lowest BCUT2D eigenvalue weighted by atomic mass is 10.0. The molecule has 0 aromatic rings. The molecule has 1 rings (SSSR count). The summed E-state index contributed by atoms with van der Waals surface area (Å²) in [4.78, 5) is 12.2. The van der Waals surface area contributed by atoms with Crippen LogP contribution >= 0.6 is 0 Å². The minimum atomic E-state index is 0.179. The molecule has 1 aliphatic rings. The first-order valence-electron chi connectivity index (χ1n) is 12.6. The smallest absolute Gasteiger partial charge is 0.158 e. The van der Waals surface area contributed by atoms with Crippen molar-refractivity contribution in [3.05, 3.63) is 11.6 Å². The van der Waals surface area contributed by atoms with E-state index in [1.165, 1.54) is 96.3 Å². The number of ketones is 1. The Kier molecular flexibility index (Phi) is 16.7. The van der Waals surface area contributed by atoms with E-state index >= 15 is 0 Å². The molecule has 164 valence electrons. The molecule has 28 heavy (non-hydrogen) atoms. The zero-order chi connectivity index (χ0) is 20.3. The average Bonchev–Trinajstić information content (AvgIpc) is 2.71. The predicted molar refractivity (Wildman–Crippen MR) is 122 cm³/mol. The predicted octanol–water partition coefficient (Wildman–Crippen LogP) is 8.33. The fourth-order valence-corrected chi connectivity index (χ4v) is 4.12. The molecule has 2 heteroatoms. The molecule has 0 aromatic heterocycles. The minimum absolute atomic E-state index is 0.179. The summed E-state index contributed by atoms with van der Waals surface area (Å²) in [5.74, 6) is 0.323. The molecule has 0 bridgehead atoms. The number of hydrogen-bond donors (Lipinski definition) is 0. The van der Waals surface area contributed by atoms with Gasteiger partial charge < -0.3 is 4.74 Å². The lowest BCUT2D eigenvalue weighted by Gasteiger charge is -2.20. The van der Waals surface area contributed by atoms with Gasteiger partial charge in [-0.2, -0.15) is 0 Å². The second-order valence-corrected chi connectivity index (χ2v) is 8.88. The van der Waals surface area contributed by atoms with Crippen molar-refractivity contribution in [2.45, 2.75) is 142 Å². The third-order valence-electron chi connectivity index (χ3n) is 6.10. The third kappa shape index (κ3) is 14.4. The Hall–Kier alpha value is -0.630. The highest BCUT2D eigenvalue weighted by molar-refractivity contribution is 5.94. The van der Waals surface area contributed by atoms with Gasteiger partial charge in [-0.05, 0) is 44.3 Å². The van der Waals surface area contributed by atoms with Crippen LogP contribution in [0.25, 0.3) is 0 Å². The maximum Gasteiger partial charge on any atom is 0.158 e. The number of carbonyl (C=O) groups is 1. The van der Waals surface area contributed by atoms with E-state index in [0.29, 0.717) is 12.2 Å². The van der Waals surface area contributed by atoms with E-state index in [9.17, 15) is 4.79 Å². The number of hydrogen-bond acceptors (Lipinski definition) is 2. The minimum Gasteiger partial charge on any atom is -0.374 e. The molecule has 1 saturated heterocycles. The quantitative estimate of drug-likeness (QED) is 0.173. The Morgan fingerprint density at radius 2 is 1.29 bits per heavy atom. The molecular weight excluding hydrogens is 344 g/mol. The molecule has 1 atom stereocenters. The van der Waals surface area contributed by atoms with Crippen LogP contribution in [-0.4, -0.2) is 18.5 Å². The van der Waals surface area contributed by atoms with Gasteiger partial charge in [-0.15, -0.1) is 0 Å². The average molecular weight is 393 g/mol. The van der Waals surface area contributed by atoms with Crippen molar-refractivity contribution in [1.29, 1.82) is 0 Å². The summed E-state index contributed by atoms with van der Waals surface area (Å²) in [5, 5.41) is 0. The summed E-state index contributed by atoms with van der Waals surface area (Å²) >= 11 is 0. The number of ether oxygens (including phenoxy) is 1. The zero-order valence-electron chi connectivity index (χ0n) is 19.1. The van der Waals surface area contributed by atoms with E-state index < -0.39 is 0 Å². The second-order valence-electron chi connectivity index (χ2n) is 8.88. The fourth-order valence-electron chi connectivity index (χ4n) is 4.12. The van der Waals surface area contributed by atoms with Crippen molar-refractivity contribution in [2.75, 3.05) is 6.61 Å². The summed E-state index contributed by atoms with van der Waals surface area (Å²) in [6, 6.07) is 0. The van der Waals surface area contributed by atoms with E-state index in [1.807, 2.05) is 6.92 Å². The van der Waals surface area contributed by atoms with Crippen LogP contribution in [0.2, 0.25) is 0 Å². The Bertz CT molecular complexity index is 393. The normalized spacial score (nSPS) is 17.8. The topological polar surface area (TPSA) is 26.3 Å². The first-order valence-corrected chi connectivity index (χ1v) is 12.6. The van der Waals surface area contributed by atoms with E-state index in [4.69, 9.17) is 4.74 Å². The first-order chi connectivity index (χ1) is 13.7. The standard InChI is InChI=1S/C26H48O2/c1-3-4-5-6-7-8-9-10-11-12-13-14-15-16-17-21-26(27)24(2)23-25-20-18-19-22-28-25/h23,25H,3-22H2,1-2H3. The molecule has 1 heterocycles. The number of rotatable bonds is 18. The van der Waals surface area contributed by atoms with Crippen LogP contribution < -0.4 is 0 Å². The number of unbranched alkanes of at least 4 members (excludes halogenated alkanes) is 14. The SMILES string of the molecule is CCCCCCCCCCCCCCCCCC(=O)C(C)=CC1CCCCO1. The van der Waals surface area contributed by atoms with E-state index in [1.54, 1.807) is 0 Å². The number of allylic oxidation sites excluding steroid dienone is 1. The van der Waals surface area contributed by atoms with Gasteiger partial charge in [0, 0.05) is 13.0 Å². The van der Waals surface area contributed by atoms with Crippen LogP contribution in [0, 0.1) is 0 Å². The van der Waals surface area contributed by atoms with Crippen molar-refractivity contribution in [3.8, 4) is 0 Å². The number of carbonyl (C=O) groups excluding carboxylic acids is 1. The van der Waals surface area contributed by atoms with E-state index in [0.717, 1.165) is 31.4 Å². The van der Waals surface area contributed by atoms with Gasteiger partial charge in [0.2, 0.25) is 0 Å². The fraction of sp³-hybridized carbons (Fsp3) is 0.885. The summed E-state index contributed by atoms with van der Waals surface area (Å²) in [5.41, 5.74) is 0.914. The molecule has 0 aromatic carbocycles. The molecule has 1 aliphatic heterocycles. The molecule has 0 aliphatic carbocycles. The van der Waals surface area contributed by atoms with Gasteiger partial charge in [0.25, 0.3) is 0 Å².